The molecular formula is C25H31N5O3S. The molecular weight excluding hydrogens is 450 g/mol. The van der Waals surface area contributed by atoms with Crippen molar-refractivity contribution in [3.63, 3.8) is 0 Å². The summed E-state index contributed by atoms with van der Waals surface area (Å²) in [6, 6.07) is 13.6. The van der Waals surface area contributed by atoms with Gasteiger partial charge in [0.05, 0.1) is 23.9 Å². The zero-order valence-electron chi connectivity index (χ0n) is 19.2. The number of nitrogens with one attached hydrogen (secondary N) is 2. The van der Waals surface area contributed by atoms with Gasteiger partial charge in [0, 0.05) is 24.9 Å². The second-order valence-corrected chi connectivity index (χ2v) is 8.59. The smallest absolute Gasteiger partial charge is 0.243 e. The molecule has 0 aliphatic carbocycles. The number of hydrogen-bond donors (Lipinski definition) is 4. The van der Waals surface area contributed by atoms with Gasteiger partial charge >= 0.3 is 0 Å². The number of amides is 2. The summed E-state index contributed by atoms with van der Waals surface area (Å²) in [5.74, 6) is 0.0796. The maximum Gasteiger partial charge on any atom is 0.243 e. The molecule has 0 saturated heterocycles. The van der Waals surface area contributed by atoms with Crippen LogP contribution in [0.2, 0.25) is 0 Å². The number of rotatable bonds is 12. The molecule has 2 aromatic carbocycles. The Morgan fingerprint density at radius 1 is 1.00 bits per heavy atom. The van der Waals surface area contributed by atoms with E-state index in [1.807, 2.05) is 60.8 Å². The van der Waals surface area contributed by atoms with E-state index in [1.54, 1.807) is 5.51 Å². The molecule has 1 heterocycles. The monoisotopic (exact) mass is 481 g/mol. The van der Waals surface area contributed by atoms with Crippen molar-refractivity contribution in [1.82, 2.24) is 15.6 Å². The van der Waals surface area contributed by atoms with Crippen molar-refractivity contribution in [2.45, 2.75) is 44.9 Å². The first-order valence-electron chi connectivity index (χ1n) is 11.2. The van der Waals surface area contributed by atoms with E-state index in [4.69, 9.17) is 16.2 Å². The highest BCUT2D eigenvalue weighted by molar-refractivity contribution is 7.07. The lowest BCUT2D eigenvalue weighted by molar-refractivity contribution is -0.129. The Bertz CT molecular complexity index is 1040. The molecule has 0 aliphatic rings. The van der Waals surface area contributed by atoms with Crippen LogP contribution in [0.4, 0.5) is 0 Å². The number of ether oxygens (including phenoxy) is 1. The van der Waals surface area contributed by atoms with E-state index in [-0.39, 0.29) is 12.3 Å². The number of carbonyl (C=O) groups excluding carboxylic acids is 2. The minimum atomic E-state index is -0.799. The summed E-state index contributed by atoms with van der Waals surface area (Å²) in [6.45, 7) is 3.31. The number of thiazole rings is 1. The lowest BCUT2D eigenvalue weighted by atomic mass is 10.0. The second-order valence-electron chi connectivity index (χ2n) is 7.87. The summed E-state index contributed by atoms with van der Waals surface area (Å²) in [5.41, 5.74) is 17.1. The number of nitrogens with zero attached hydrogens (tertiary/aromatic N) is 1. The van der Waals surface area contributed by atoms with Gasteiger partial charge in [-0.15, -0.1) is 11.3 Å². The highest BCUT2D eigenvalue weighted by Gasteiger charge is 2.25. The van der Waals surface area contributed by atoms with Crippen molar-refractivity contribution in [3.05, 3.63) is 81.8 Å². The Labute approximate surface area is 203 Å². The van der Waals surface area contributed by atoms with Crippen LogP contribution in [0, 0.1) is 0 Å². The SMILES string of the molecule is CCOc1ccc(CC(N)C(=O)NC(Cc2cscn2)C(=O)NCc2ccc(CN)cc2)cc1. The lowest BCUT2D eigenvalue weighted by Crippen LogP contribution is -2.53. The fourth-order valence-corrected chi connectivity index (χ4v) is 3.95. The summed E-state index contributed by atoms with van der Waals surface area (Å²) in [4.78, 5) is 30.0. The van der Waals surface area contributed by atoms with Crippen molar-refractivity contribution >= 4 is 23.2 Å². The third-order valence-corrected chi connectivity index (χ3v) is 5.92. The van der Waals surface area contributed by atoms with E-state index in [1.165, 1.54) is 11.3 Å². The Balaban J connectivity index is 1.60. The highest BCUT2D eigenvalue weighted by atomic mass is 32.1. The van der Waals surface area contributed by atoms with Crippen molar-refractivity contribution in [3.8, 4) is 5.75 Å². The first-order valence-corrected chi connectivity index (χ1v) is 12.1. The van der Waals surface area contributed by atoms with Gasteiger partial charge in [-0.05, 0) is 42.2 Å². The van der Waals surface area contributed by atoms with E-state index in [2.05, 4.69) is 15.6 Å². The van der Waals surface area contributed by atoms with E-state index >= 15 is 0 Å². The summed E-state index contributed by atoms with van der Waals surface area (Å²) in [5, 5.41) is 7.56. The number of aromatic nitrogens is 1. The lowest BCUT2D eigenvalue weighted by Gasteiger charge is -2.20. The van der Waals surface area contributed by atoms with Gasteiger partial charge in [-0.1, -0.05) is 36.4 Å². The molecule has 1 aromatic heterocycles. The molecule has 2 unspecified atom stereocenters. The quantitative estimate of drug-likeness (QED) is 0.312. The number of nitrogens with two attached hydrogens (primary N) is 2. The number of carbonyl (C=O) groups is 2. The Hall–Kier alpha value is -3.27. The molecule has 2 amide bonds. The molecule has 0 saturated carbocycles. The average Bonchev–Trinajstić information content (AvgIpc) is 3.37. The minimum absolute atomic E-state index is 0.281. The average molecular weight is 482 g/mol. The molecule has 180 valence electrons. The highest BCUT2D eigenvalue weighted by Crippen LogP contribution is 2.13. The van der Waals surface area contributed by atoms with E-state index in [9.17, 15) is 9.59 Å². The fourth-order valence-electron chi connectivity index (χ4n) is 3.38. The van der Waals surface area contributed by atoms with E-state index < -0.39 is 18.0 Å². The zero-order valence-corrected chi connectivity index (χ0v) is 20.0. The van der Waals surface area contributed by atoms with Crippen LogP contribution >= 0.6 is 11.3 Å². The van der Waals surface area contributed by atoms with Crippen LogP contribution in [-0.4, -0.2) is 35.5 Å². The van der Waals surface area contributed by atoms with Crippen molar-refractivity contribution in [1.29, 1.82) is 0 Å². The van der Waals surface area contributed by atoms with Crippen LogP contribution < -0.4 is 26.8 Å². The molecule has 8 nitrogen and oxygen atoms in total. The predicted octanol–water partition coefficient (Wildman–Crippen LogP) is 1.91. The van der Waals surface area contributed by atoms with Crippen LogP contribution in [0.1, 0.15) is 29.3 Å². The topological polar surface area (TPSA) is 132 Å². The first kappa shape index (κ1) is 25.4. The summed E-state index contributed by atoms with van der Waals surface area (Å²) in [7, 11) is 0. The molecule has 3 aromatic rings. The van der Waals surface area contributed by atoms with Gasteiger partial charge in [0.2, 0.25) is 11.8 Å². The maximum atomic E-state index is 13.0. The Morgan fingerprint density at radius 2 is 1.68 bits per heavy atom. The molecule has 6 N–H and O–H groups in total. The Morgan fingerprint density at radius 3 is 2.29 bits per heavy atom. The largest absolute Gasteiger partial charge is 0.494 e. The summed E-state index contributed by atoms with van der Waals surface area (Å²) < 4.78 is 5.44. The standard InChI is InChI=1S/C25H31N5O3S/c1-2-33-21-9-7-17(8-10-21)11-22(27)24(31)30-23(12-20-15-34-16-29-20)25(32)28-14-19-5-3-18(13-26)4-6-19/h3-10,15-16,22-23H,2,11-14,26-27H2,1H3,(H,28,32)(H,30,31). The Kier molecular flexibility index (Phi) is 9.57. The van der Waals surface area contributed by atoms with Gasteiger partial charge in [-0.3, -0.25) is 9.59 Å². The van der Waals surface area contributed by atoms with Crippen molar-refractivity contribution in [2.75, 3.05) is 6.61 Å². The molecule has 0 bridgehead atoms. The zero-order chi connectivity index (χ0) is 24.3. The van der Waals surface area contributed by atoms with Crippen molar-refractivity contribution in [2.24, 2.45) is 11.5 Å². The van der Waals surface area contributed by atoms with Crippen LogP contribution in [0.3, 0.4) is 0 Å². The van der Waals surface area contributed by atoms with Gasteiger partial charge in [0.25, 0.3) is 0 Å². The van der Waals surface area contributed by atoms with Crippen LogP contribution in [-0.2, 0) is 35.5 Å². The normalized spacial score (nSPS) is 12.6. The second kappa shape index (κ2) is 12.8. The van der Waals surface area contributed by atoms with Crippen molar-refractivity contribution < 1.29 is 14.3 Å². The van der Waals surface area contributed by atoms with Gasteiger partial charge in [0.1, 0.15) is 11.8 Å². The molecule has 9 heteroatoms. The molecule has 0 aliphatic heterocycles. The predicted molar refractivity (Wildman–Crippen MR) is 133 cm³/mol. The number of benzene rings is 2. The molecule has 3 rings (SSSR count). The van der Waals surface area contributed by atoms with E-state index in [0.29, 0.717) is 26.1 Å². The number of hydrogen-bond acceptors (Lipinski definition) is 7. The van der Waals surface area contributed by atoms with Crippen LogP contribution in [0.5, 0.6) is 5.75 Å². The van der Waals surface area contributed by atoms with Crippen LogP contribution in [0.15, 0.2) is 59.4 Å². The molecule has 0 radical (unpaired) electrons. The van der Waals surface area contributed by atoms with Gasteiger partial charge in [-0.25, -0.2) is 4.98 Å². The molecule has 34 heavy (non-hydrogen) atoms. The third kappa shape index (κ3) is 7.65. The van der Waals surface area contributed by atoms with Gasteiger partial charge in [-0.2, -0.15) is 0 Å². The maximum absolute atomic E-state index is 13.0. The molecule has 0 fully saturated rings. The molecule has 0 spiro atoms. The van der Waals surface area contributed by atoms with E-state index in [0.717, 1.165) is 28.1 Å². The summed E-state index contributed by atoms with van der Waals surface area (Å²) in [6.07, 6.45) is 0.625. The summed E-state index contributed by atoms with van der Waals surface area (Å²) >= 11 is 1.44. The minimum Gasteiger partial charge on any atom is -0.494 e. The fraction of sp³-hybridized carbons (Fsp3) is 0.320. The first-order chi connectivity index (χ1) is 16.5. The van der Waals surface area contributed by atoms with Gasteiger partial charge < -0.3 is 26.8 Å². The van der Waals surface area contributed by atoms with Crippen LogP contribution in [0.25, 0.3) is 0 Å². The third-order valence-electron chi connectivity index (χ3n) is 5.28. The van der Waals surface area contributed by atoms with Gasteiger partial charge in [0.15, 0.2) is 0 Å². The molecule has 2 atom stereocenters.